The Hall–Kier alpha value is 0.374. The molecule has 0 saturated heterocycles. The Labute approximate surface area is 121 Å². The molecule has 107 valence electrons. The van der Waals surface area contributed by atoms with Gasteiger partial charge in [-0.05, 0) is 0 Å². The first kappa shape index (κ1) is 18.4. The van der Waals surface area contributed by atoms with Crippen molar-refractivity contribution in [3.63, 3.8) is 0 Å². The average molecular weight is 291 g/mol. The van der Waals surface area contributed by atoms with Crippen LogP contribution < -0.4 is 0 Å². The summed E-state index contributed by atoms with van der Waals surface area (Å²) in [6.07, 6.45) is 13.0. The normalized spacial score (nSPS) is 12.4. The molecular weight excluding hydrogens is 260 g/mol. The Morgan fingerprint density at radius 1 is 1.00 bits per heavy atom. The third-order valence-corrected chi connectivity index (χ3v) is 6.16. The van der Waals surface area contributed by atoms with E-state index in [2.05, 4.69) is 19.6 Å². The van der Waals surface area contributed by atoms with Gasteiger partial charge in [-0.1, -0.05) is 0 Å². The molecule has 18 heavy (non-hydrogen) atoms. The standard InChI is InChI=1S/C13H25.2CH3O.Ti/c1-4-6-7-8-9-10-11-12-13(3)5-2;2*1-2;/h5,13H,2-4,6-12H2,1H3;2*1H3;/q;2*-1;+2. The fourth-order valence-corrected chi connectivity index (χ4v) is 4.16. The van der Waals surface area contributed by atoms with Gasteiger partial charge in [-0.15, -0.1) is 0 Å². The van der Waals surface area contributed by atoms with Gasteiger partial charge in [-0.3, -0.25) is 0 Å². The van der Waals surface area contributed by atoms with Crippen LogP contribution in [0.5, 0.6) is 0 Å². The van der Waals surface area contributed by atoms with E-state index in [0.29, 0.717) is 5.92 Å². The molecule has 1 atom stereocenters. The first-order valence-electron chi connectivity index (χ1n) is 7.34. The van der Waals surface area contributed by atoms with E-state index in [1.54, 1.807) is 14.2 Å². The van der Waals surface area contributed by atoms with Crippen LogP contribution in [0, 0.1) is 5.92 Å². The van der Waals surface area contributed by atoms with Gasteiger partial charge in [0.1, 0.15) is 0 Å². The molecule has 0 aliphatic heterocycles. The zero-order valence-electron chi connectivity index (χ0n) is 12.5. The second kappa shape index (κ2) is 13.8. The van der Waals surface area contributed by atoms with Crippen molar-refractivity contribution in [1.29, 1.82) is 0 Å². The van der Waals surface area contributed by atoms with Crippen molar-refractivity contribution in [2.45, 2.75) is 63.0 Å². The van der Waals surface area contributed by atoms with Crippen LogP contribution in [0.25, 0.3) is 0 Å². The Morgan fingerprint density at radius 3 is 2.06 bits per heavy atom. The van der Waals surface area contributed by atoms with Gasteiger partial charge in [0.15, 0.2) is 0 Å². The Morgan fingerprint density at radius 2 is 1.56 bits per heavy atom. The summed E-state index contributed by atoms with van der Waals surface area (Å²) in [6, 6.07) is 0. The van der Waals surface area contributed by atoms with Gasteiger partial charge in [0, 0.05) is 0 Å². The molecule has 0 aromatic carbocycles. The Kier molecular flexibility index (Phi) is 14.1. The van der Waals surface area contributed by atoms with Gasteiger partial charge in [0.05, 0.1) is 0 Å². The molecule has 1 unspecified atom stereocenters. The molecule has 0 heterocycles. The molecule has 0 spiro atoms. The molecule has 0 aliphatic carbocycles. The summed E-state index contributed by atoms with van der Waals surface area (Å²) < 4.78 is 11.9. The molecule has 0 radical (unpaired) electrons. The molecule has 0 aromatic heterocycles. The molecular formula is C15H31O2Ti. The monoisotopic (exact) mass is 291 g/mol. The van der Waals surface area contributed by atoms with Crippen LogP contribution in [0.2, 0.25) is 4.73 Å². The Balaban J connectivity index is 3.52. The quantitative estimate of drug-likeness (QED) is 0.267. The predicted octanol–water partition coefficient (Wildman–Crippen LogP) is 5.09. The number of rotatable bonds is 13. The van der Waals surface area contributed by atoms with Crippen LogP contribution >= 0.6 is 0 Å². The number of allylic oxidation sites excluding steroid dienone is 1. The molecule has 0 rings (SSSR count). The van der Waals surface area contributed by atoms with Crippen molar-refractivity contribution in [3.05, 3.63) is 12.7 Å². The van der Waals surface area contributed by atoms with E-state index in [1.165, 1.54) is 51.4 Å². The van der Waals surface area contributed by atoms with E-state index in [1.807, 2.05) is 0 Å². The van der Waals surface area contributed by atoms with E-state index in [-0.39, 0.29) is 0 Å². The molecule has 0 aromatic rings. The molecule has 0 N–H and O–H groups in total. The fourth-order valence-electron chi connectivity index (χ4n) is 2.13. The summed E-state index contributed by atoms with van der Waals surface area (Å²) in [7, 11) is 3.54. The van der Waals surface area contributed by atoms with Crippen molar-refractivity contribution in [2.75, 3.05) is 14.2 Å². The summed E-state index contributed by atoms with van der Waals surface area (Å²) in [4.78, 5) is 0. The Bertz CT molecular complexity index is 181. The van der Waals surface area contributed by atoms with Gasteiger partial charge in [0.25, 0.3) is 0 Å². The van der Waals surface area contributed by atoms with Crippen LogP contribution in [-0.2, 0) is 25.3 Å². The van der Waals surface area contributed by atoms with Gasteiger partial charge in [0.2, 0.25) is 0 Å². The van der Waals surface area contributed by atoms with E-state index in [9.17, 15) is 0 Å². The van der Waals surface area contributed by atoms with E-state index in [4.69, 9.17) is 6.64 Å². The van der Waals surface area contributed by atoms with Crippen LogP contribution in [-0.4, -0.2) is 14.2 Å². The van der Waals surface area contributed by atoms with Gasteiger partial charge in [-0.2, -0.15) is 0 Å². The zero-order chi connectivity index (χ0) is 13.6. The molecule has 2 nitrogen and oxygen atoms in total. The maximum absolute atomic E-state index is 5.40. The number of hydrogen-bond donors (Lipinski definition) is 0. The maximum atomic E-state index is 5.40. The molecule has 0 fully saturated rings. The third kappa shape index (κ3) is 10.3. The van der Waals surface area contributed by atoms with Crippen molar-refractivity contribution in [3.8, 4) is 0 Å². The molecule has 3 heteroatoms. The van der Waals surface area contributed by atoms with E-state index in [0.717, 1.165) is 4.73 Å². The molecule has 0 amide bonds. The third-order valence-electron chi connectivity index (χ3n) is 3.40. The number of unbranched alkanes of at least 4 members (excludes halogenated alkanes) is 6. The number of hydrogen-bond acceptors (Lipinski definition) is 2. The summed E-state index contributed by atoms with van der Waals surface area (Å²) in [6.45, 7) is 6.20. The fraction of sp³-hybridized carbons (Fsp3) is 0.867. The first-order valence-corrected chi connectivity index (χ1v) is 9.72. The molecule has 0 bridgehead atoms. The minimum absolute atomic E-state index is 0.593. The average Bonchev–Trinajstić information content (AvgIpc) is 2.41. The topological polar surface area (TPSA) is 18.5 Å². The summed E-state index contributed by atoms with van der Waals surface area (Å²) in [5, 5.41) is 0. The molecule has 0 aliphatic rings. The SMILES string of the molecule is C=CC(CCCCCCCCC)[CH2][Ti]([O]C)[O]C. The van der Waals surface area contributed by atoms with Crippen molar-refractivity contribution in [2.24, 2.45) is 5.92 Å². The zero-order valence-corrected chi connectivity index (χ0v) is 14.1. The van der Waals surface area contributed by atoms with Crippen LogP contribution in [0.3, 0.4) is 0 Å². The van der Waals surface area contributed by atoms with Crippen molar-refractivity contribution < 1.29 is 25.3 Å². The minimum atomic E-state index is -1.68. The van der Waals surface area contributed by atoms with E-state index < -0.39 is 18.6 Å². The van der Waals surface area contributed by atoms with Crippen molar-refractivity contribution >= 4 is 0 Å². The second-order valence-corrected chi connectivity index (χ2v) is 7.96. The summed E-state index contributed by atoms with van der Waals surface area (Å²) in [5.41, 5.74) is 0. The van der Waals surface area contributed by atoms with E-state index >= 15 is 0 Å². The van der Waals surface area contributed by atoms with Crippen LogP contribution in [0.15, 0.2) is 12.7 Å². The van der Waals surface area contributed by atoms with Gasteiger partial charge in [-0.25, -0.2) is 0 Å². The van der Waals surface area contributed by atoms with Gasteiger partial charge < -0.3 is 0 Å². The van der Waals surface area contributed by atoms with Crippen LogP contribution in [0.1, 0.15) is 58.3 Å². The first-order chi connectivity index (χ1) is 8.78. The summed E-state index contributed by atoms with van der Waals surface area (Å²) in [5.74, 6) is 0.593. The van der Waals surface area contributed by atoms with Crippen LogP contribution in [0.4, 0.5) is 0 Å². The summed E-state index contributed by atoms with van der Waals surface area (Å²) >= 11 is -1.68. The second-order valence-electron chi connectivity index (χ2n) is 4.89. The van der Waals surface area contributed by atoms with Crippen molar-refractivity contribution in [1.82, 2.24) is 0 Å². The predicted molar refractivity (Wildman–Crippen MR) is 75.1 cm³/mol. The molecule has 0 saturated carbocycles. The van der Waals surface area contributed by atoms with Gasteiger partial charge >= 0.3 is 121 Å².